The standard InChI is InChI=1S/C9H13N3O2/c10-8-7(3-1-4-11-8)9(14)12-5-2-6-13/h1,3-4,13H,2,5-6H2,(H2,10,11)(H,12,14). The van der Waals surface area contributed by atoms with E-state index >= 15 is 0 Å². The molecule has 0 aliphatic heterocycles. The molecule has 5 heteroatoms. The summed E-state index contributed by atoms with van der Waals surface area (Å²) in [7, 11) is 0. The van der Waals surface area contributed by atoms with E-state index in [1.165, 1.54) is 6.20 Å². The molecule has 14 heavy (non-hydrogen) atoms. The highest BCUT2D eigenvalue weighted by Gasteiger charge is 2.08. The summed E-state index contributed by atoms with van der Waals surface area (Å²) in [6.45, 7) is 0.493. The SMILES string of the molecule is Nc1ncccc1C(=O)NCCCO. The van der Waals surface area contributed by atoms with Crippen LogP contribution < -0.4 is 11.1 Å². The maximum atomic E-state index is 11.4. The fourth-order valence-electron chi connectivity index (χ4n) is 0.986. The minimum atomic E-state index is -0.260. The molecule has 1 amide bonds. The molecule has 0 radical (unpaired) electrons. The highest BCUT2D eigenvalue weighted by atomic mass is 16.3. The molecular formula is C9H13N3O2. The normalized spacial score (nSPS) is 9.79. The van der Waals surface area contributed by atoms with Crippen molar-refractivity contribution in [2.24, 2.45) is 0 Å². The lowest BCUT2D eigenvalue weighted by Gasteiger charge is -2.05. The van der Waals surface area contributed by atoms with Crippen LogP contribution in [0.2, 0.25) is 0 Å². The summed E-state index contributed by atoms with van der Waals surface area (Å²) in [6, 6.07) is 3.26. The van der Waals surface area contributed by atoms with E-state index in [4.69, 9.17) is 10.8 Å². The third-order valence-electron chi connectivity index (χ3n) is 1.70. The summed E-state index contributed by atoms with van der Waals surface area (Å²) in [5.74, 6) is -0.0435. The topological polar surface area (TPSA) is 88.2 Å². The molecule has 4 N–H and O–H groups in total. The van der Waals surface area contributed by atoms with Crippen molar-refractivity contribution >= 4 is 11.7 Å². The molecule has 0 bridgehead atoms. The van der Waals surface area contributed by atoms with E-state index in [0.717, 1.165) is 0 Å². The number of amides is 1. The molecule has 0 unspecified atom stereocenters. The highest BCUT2D eigenvalue weighted by molar-refractivity contribution is 5.98. The van der Waals surface area contributed by atoms with Crippen molar-refractivity contribution in [2.45, 2.75) is 6.42 Å². The number of rotatable bonds is 4. The van der Waals surface area contributed by atoms with Gasteiger partial charge in [0.25, 0.3) is 5.91 Å². The van der Waals surface area contributed by atoms with E-state index in [1.807, 2.05) is 0 Å². The van der Waals surface area contributed by atoms with Gasteiger partial charge in [0.2, 0.25) is 0 Å². The first kappa shape index (κ1) is 10.5. The summed E-state index contributed by atoms with van der Waals surface area (Å²) in [4.78, 5) is 15.2. The van der Waals surface area contributed by atoms with E-state index in [2.05, 4.69) is 10.3 Å². The molecule has 1 aromatic heterocycles. The van der Waals surface area contributed by atoms with Gasteiger partial charge in [0.1, 0.15) is 5.82 Å². The lowest BCUT2D eigenvalue weighted by atomic mass is 10.2. The minimum absolute atomic E-state index is 0.0583. The number of hydrogen-bond donors (Lipinski definition) is 3. The van der Waals surface area contributed by atoms with Gasteiger partial charge in [0.15, 0.2) is 0 Å². The average Bonchev–Trinajstić information content (AvgIpc) is 2.18. The summed E-state index contributed by atoms with van der Waals surface area (Å²) < 4.78 is 0. The number of hydrogen-bond acceptors (Lipinski definition) is 4. The summed E-state index contributed by atoms with van der Waals surface area (Å²) in [5, 5.41) is 11.1. The van der Waals surface area contributed by atoms with E-state index < -0.39 is 0 Å². The van der Waals surface area contributed by atoms with Gasteiger partial charge in [-0.1, -0.05) is 0 Å². The minimum Gasteiger partial charge on any atom is -0.396 e. The second-order valence-electron chi connectivity index (χ2n) is 2.77. The predicted molar refractivity (Wildman–Crippen MR) is 52.7 cm³/mol. The number of anilines is 1. The van der Waals surface area contributed by atoms with Crippen LogP contribution in [0.25, 0.3) is 0 Å². The third kappa shape index (κ3) is 2.70. The number of aliphatic hydroxyl groups is 1. The fraction of sp³-hybridized carbons (Fsp3) is 0.333. The number of aliphatic hydroxyl groups excluding tert-OH is 1. The highest BCUT2D eigenvalue weighted by Crippen LogP contribution is 2.05. The second-order valence-corrected chi connectivity index (χ2v) is 2.77. The third-order valence-corrected chi connectivity index (χ3v) is 1.70. The van der Waals surface area contributed by atoms with Gasteiger partial charge in [0, 0.05) is 19.3 Å². The fourth-order valence-corrected chi connectivity index (χ4v) is 0.986. The zero-order chi connectivity index (χ0) is 10.4. The zero-order valence-corrected chi connectivity index (χ0v) is 7.73. The molecule has 0 atom stereocenters. The second kappa shape index (κ2) is 5.18. The summed E-state index contributed by atoms with van der Waals surface area (Å²) in [6.07, 6.45) is 2.06. The van der Waals surface area contributed by atoms with Crippen LogP contribution in [0.1, 0.15) is 16.8 Å². The van der Waals surface area contributed by atoms with E-state index in [0.29, 0.717) is 18.5 Å². The Kier molecular flexibility index (Phi) is 3.87. The van der Waals surface area contributed by atoms with Crippen LogP contribution in [0.5, 0.6) is 0 Å². The number of nitrogens with zero attached hydrogens (tertiary/aromatic N) is 1. The predicted octanol–water partition coefficient (Wildman–Crippen LogP) is -0.224. The number of aromatic nitrogens is 1. The first-order valence-corrected chi connectivity index (χ1v) is 4.35. The Morgan fingerprint density at radius 2 is 2.43 bits per heavy atom. The van der Waals surface area contributed by atoms with Crippen molar-refractivity contribution in [3.05, 3.63) is 23.9 Å². The molecule has 0 aliphatic rings. The molecule has 0 saturated heterocycles. The van der Waals surface area contributed by atoms with Crippen LogP contribution in [0.3, 0.4) is 0 Å². The molecule has 76 valence electrons. The Balaban J connectivity index is 2.56. The monoisotopic (exact) mass is 195 g/mol. The van der Waals surface area contributed by atoms with Gasteiger partial charge in [-0.05, 0) is 18.6 Å². The van der Waals surface area contributed by atoms with E-state index in [1.54, 1.807) is 12.1 Å². The van der Waals surface area contributed by atoms with Crippen molar-refractivity contribution in [3.8, 4) is 0 Å². The largest absolute Gasteiger partial charge is 0.396 e. The molecule has 1 aromatic rings. The van der Waals surface area contributed by atoms with Gasteiger partial charge in [-0.15, -0.1) is 0 Å². The van der Waals surface area contributed by atoms with Crippen LogP contribution in [0, 0.1) is 0 Å². The molecule has 1 rings (SSSR count). The Morgan fingerprint density at radius 1 is 1.64 bits per heavy atom. The van der Waals surface area contributed by atoms with Crippen molar-refractivity contribution in [1.82, 2.24) is 10.3 Å². The maximum absolute atomic E-state index is 11.4. The Hall–Kier alpha value is -1.62. The van der Waals surface area contributed by atoms with Crippen molar-refractivity contribution in [2.75, 3.05) is 18.9 Å². The molecule has 0 fully saturated rings. The number of carbonyl (C=O) groups excluding carboxylic acids is 1. The molecule has 0 aromatic carbocycles. The van der Waals surface area contributed by atoms with Gasteiger partial charge in [-0.25, -0.2) is 4.98 Å². The molecule has 0 saturated carbocycles. The van der Waals surface area contributed by atoms with Crippen molar-refractivity contribution in [3.63, 3.8) is 0 Å². The van der Waals surface area contributed by atoms with Gasteiger partial charge < -0.3 is 16.2 Å². The molecule has 0 spiro atoms. The molecule has 5 nitrogen and oxygen atoms in total. The van der Waals surface area contributed by atoms with Gasteiger partial charge in [-0.3, -0.25) is 4.79 Å². The Morgan fingerprint density at radius 3 is 3.07 bits per heavy atom. The van der Waals surface area contributed by atoms with E-state index in [9.17, 15) is 4.79 Å². The Labute approximate surface area is 82.0 Å². The first-order chi connectivity index (χ1) is 6.75. The molecule has 0 aliphatic carbocycles. The number of nitrogens with two attached hydrogens (primary N) is 1. The van der Waals surface area contributed by atoms with Crippen molar-refractivity contribution in [1.29, 1.82) is 0 Å². The zero-order valence-electron chi connectivity index (χ0n) is 7.73. The Bertz CT molecular complexity index is 315. The smallest absolute Gasteiger partial charge is 0.255 e. The van der Waals surface area contributed by atoms with Gasteiger partial charge in [0.05, 0.1) is 5.56 Å². The number of nitrogen functional groups attached to an aromatic ring is 1. The summed E-state index contributed by atoms with van der Waals surface area (Å²) >= 11 is 0. The van der Waals surface area contributed by atoms with Gasteiger partial charge >= 0.3 is 0 Å². The van der Waals surface area contributed by atoms with E-state index in [-0.39, 0.29) is 18.3 Å². The van der Waals surface area contributed by atoms with Crippen molar-refractivity contribution < 1.29 is 9.90 Å². The van der Waals surface area contributed by atoms with Gasteiger partial charge in [-0.2, -0.15) is 0 Å². The number of pyridine rings is 1. The van der Waals surface area contributed by atoms with Crippen LogP contribution >= 0.6 is 0 Å². The lowest BCUT2D eigenvalue weighted by Crippen LogP contribution is -2.26. The maximum Gasteiger partial charge on any atom is 0.255 e. The number of nitrogens with one attached hydrogen (secondary N) is 1. The lowest BCUT2D eigenvalue weighted by molar-refractivity contribution is 0.0952. The summed E-state index contributed by atoms with van der Waals surface area (Å²) in [5.41, 5.74) is 5.87. The van der Waals surface area contributed by atoms with Crippen LogP contribution in [0.15, 0.2) is 18.3 Å². The van der Waals surface area contributed by atoms with Crippen LogP contribution in [-0.2, 0) is 0 Å². The van der Waals surface area contributed by atoms with Crippen LogP contribution in [0.4, 0.5) is 5.82 Å². The van der Waals surface area contributed by atoms with Crippen LogP contribution in [-0.4, -0.2) is 29.1 Å². The number of carbonyl (C=O) groups is 1. The molecule has 1 heterocycles. The average molecular weight is 195 g/mol. The first-order valence-electron chi connectivity index (χ1n) is 4.35. The molecular weight excluding hydrogens is 182 g/mol. The quantitative estimate of drug-likeness (QED) is 0.579.